The van der Waals surface area contributed by atoms with E-state index in [1.54, 1.807) is 24.3 Å². The van der Waals surface area contributed by atoms with Crippen molar-refractivity contribution in [3.8, 4) is 17.6 Å². The lowest BCUT2D eigenvalue weighted by Crippen LogP contribution is -2.13. The molecule has 1 N–H and O–H groups in total. The van der Waals surface area contributed by atoms with Crippen molar-refractivity contribution in [1.82, 2.24) is 0 Å². The van der Waals surface area contributed by atoms with E-state index in [2.05, 4.69) is 34.8 Å². The lowest BCUT2D eigenvalue weighted by molar-refractivity contribution is -0.112. The van der Waals surface area contributed by atoms with Crippen molar-refractivity contribution in [2.24, 2.45) is 0 Å². The number of ether oxygens (including phenoxy) is 2. The zero-order chi connectivity index (χ0) is 23.6. The number of nitriles is 1. The van der Waals surface area contributed by atoms with Crippen LogP contribution in [0.3, 0.4) is 0 Å². The highest BCUT2D eigenvalue weighted by Gasteiger charge is 2.12. The summed E-state index contributed by atoms with van der Waals surface area (Å²) >= 11 is 2.26. The molecule has 0 heterocycles. The highest BCUT2D eigenvalue weighted by Crippen LogP contribution is 2.30. The molecular formula is C27H25IN2O3. The van der Waals surface area contributed by atoms with Gasteiger partial charge in [0.2, 0.25) is 0 Å². The van der Waals surface area contributed by atoms with Gasteiger partial charge < -0.3 is 14.8 Å². The number of halogens is 1. The second kappa shape index (κ2) is 12.1. The molecule has 0 aliphatic heterocycles. The van der Waals surface area contributed by atoms with Gasteiger partial charge in [-0.05, 0) is 95.1 Å². The molecular weight excluding hydrogens is 527 g/mol. The molecule has 33 heavy (non-hydrogen) atoms. The van der Waals surface area contributed by atoms with Crippen LogP contribution in [0.15, 0.2) is 72.3 Å². The molecule has 0 aliphatic carbocycles. The van der Waals surface area contributed by atoms with E-state index in [4.69, 9.17) is 9.47 Å². The smallest absolute Gasteiger partial charge is 0.266 e. The van der Waals surface area contributed by atoms with E-state index in [1.807, 2.05) is 61.5 Å². The summed E-state index contributed by atoms with van der Waals surface area (Å²) in [5.41, 5.74) is 3.56. The van der Waals surface area contributed by atoms with Gasteiger partial charge >= 0.3 is 0 Å². The maximum atomic E-state index is 12.6. The predicted octanol–water partition coefficient (Wildman–Crippen LogP) is 6.38. The summed E-state index contributed by atoms with van der Waals surface area (Å²) in [6.07, 6.45) is 2.46. The molecule has 3 aromatic carbocycles. The topological polar surface area (TPSA) is 71.3 Å². The first-order valence-electron chi connectivity index (χ1n) is 10.7. The average Bonchev–Trinajstić information content (AvgIpc) is 2.83. The van der Waals surface area contributed by atoms with Crippen molar-refractivity contribution in [3.63, 3.8) is 0 Å². The molecule has 0 spiro atoms. The molecule has 0 saturated heterocycles. The van der Waals surface area contributed by atoms with Crippen LogP contribution in [-0.2, 0) is 17.8 Å². The van der Waals surface area contributed by atoms with Gasteiger partial charge in [0.05, 0.1) is 6.61 Å². The van der Waals surface area contributed by atoms with Gasteiger partial charge in [-0.2, -0.15) is 5.26 Å². The third-order valence-electron chi connectivity index (χ3n) is 4.87. The molecule has 6 heteroatoms. The molecule has 0 aliphatic rings. The van der Waals surface area contributed by atoms with Crippen molar-refractivity contribution >= 4 is 40.3 Å². The number of nitrogens with zero attached hydrogens (tertiary/aromatic N) is 1. The lowest BCUT2D eigenvalue weighted by Gasteiger charge is -2.13. The molecule has 0 saturated carbocycles. The van der Waals surface area contributed by atoms with Crippen LogP contribution in [0.1, 0.15) is 30.5 Å². The summed E-state index contributed by atoms with van der Waals surface area (Å²) in [6, 6.07) is 23.0. The first-order chi connectivity index (χ1) is 16.0. The molecule has 168 valence electrons. The summed E-state index contributed by atoms with van der Waals surface area (Å²) in [4.78, 5) is 12.6. The third kappa shape index (κ3) is 7.09. The Hall–Kier alpha value is -3.31. The average molecular weight is 552 g/mol. The fourth-order valence-electron chi connectivity index (χ4n) is 3.08. The number of nitrogens with one attached hydrogen (secondary N) is 1. The molecule has 0 radical (unpaired) electrons. The Balaban J connectivity index is 1.75. The van der Waals surface area contributed by atoms with Crippen LogP contribution in [-0.4, -0.2) is 12.5 Å². The molecule has 0 fully saturated rings. The number of carbonyl (C=O) groups excluding carboxylic acids is 1. The van der Waals surface area contributed by atoms with E-state index in [0.717, 1.165) is 15.6 Å². The van der Waals surface area contributed by atoms with E-state index in [0.29, 0.717) is 36.0 Å². The van der Waals surface area contributed by atoms with Crippen molar-refractivity contribution in [2.75, 3.05) is 11.9 Å². The van der Waals surface area contributed by atoms with Crippen LogP contribution >= 0.6 is 22.6 Å². The van der Waals surface area contributed by atoms with Crippen molar-refractivity contribution in [1.29, 1.82) is 5.26 Å². The van der Waals surface area contributed by atoms with Crippen LogP contribution in [0.2, 0.25) is 0 Å². The predicted molar refractivity (Wildman–Crippen MR) is 139 cm³/mol. The first-order valence-corrected chi connectivity index (χ1v) is 11.8. The molecule has 1 amide bonds. The summed E-state index contributed by atoms with van der Waals surface area (Å²) in [6.45, 7) is 4.84. The summed E-state index contributed by atoms with van der Waals surface area (Å²) in [5, 5.41) is 12.3. The number of hydrogen-bond acceptors (Lipinski definition) is 4. The number of rotatable bonds is 9. The Bertz CT molecular complexity index is 1160. The van der Waals surface area contributed by atoms with Crippen molar-refractivity contribution < 1.29 is 14.3 Å². The zero-order valence-electron chi connectivity index (χ0n) is 18.6. The van der Waals surface area contributed by atoms with Crippen LogP contribution in [0.25, 0.3) is 6.08 Å². The Labute approximate surface area is 208 Å². The fourth-order valence-corrected chi connectivity index (χ4v) is 3.44. The molecule has 3 rings (SSSR count). The maximum absolute atomic E-state index is 12.6. The summed E-state index contributed by atoms with van der Waals surface area (Å²) in [5.74, 6) is 0.704. The highest BCUT2D eigenvalue weighted by atomic mass is 127. The Kier molecular flexibility index (Phi) is 8.90. The molecule has 0 bridgehead atoms. The normalized spacial score (nSPS) is 10.9. The van der Waals surface area contributed by atoms with E-state index < -0.39 is 5.91 Å². The van der Waals surface area contributed by atoms with Gasteiger partial charge in [-0.3, -0.25) is 4.79 Å². The lowest BCUT2D eigenvalue weighted by atomic mass is 10.1. The van der Waals surface area contributed by atoms with E-state index in [-0.39, 0.29) is 5.57 Å². The van der Waals surface area contributed by atoms with Crippen LogP contribution in [0.5, 0.6) is 11.5 Å². The first kappa shape index (κ1) is 24.3. The number of hydrogen-bond donors (Lipinski definition) is 1. The van der Waals surface area contributed by atoms with E-state index in [1.165, 1.54) is 5.56 Å². The molecule has 0 aromatic heterocycles. The Morgan fingerprint density at radius 3 is 2.30 bits per heavy atom. The standard InChI is InChI=1S/C27H25IN2O3/c1-3-19-7-12-24(13-8-19)30-27(31)22(17-29)15-21-9-14-25(26(16-21)32-4-2)33-18-20-5-10-23(28)11-6-20/h5-16H,3-4,18H2,1-2H3,(H,30,31)/b22-15+. The largest absolute Gasteiger partial charge is 0.490 e. The number of anilines is 1. The number of benzene rings is 3. The molecule has 0 atom stereocenters. The second-order valence-electron chi connectivity index (χ2n) is 7.23. The summed E-state index contributed by atoms with van der Waals surface area (Å²) < 4.78 is 12.9. The Morgan fingerprint density at radius 1 is 0.970 bits per heavy atom. The van der Waals surface area contributed by atoms with Crippen molar-refractivity contribution in [3.05, 3.63) is 92.6 Å². The quantitative estimate of drug-likeness (QED) is 0.190. The molecule has 5 nitrogen and oxygen atoms in total. The van der Waals surface area contributed by atoms with E-state index in [9.17, 15) is 10.1 Å². The van der Waals surface area contributed by atoms with E-state index >= 15 is 0 Å². The number of aryl methyl sites for hydroxylation is 1. The SMILES string of the molecule is CCOc1cc(/C=C(\C#N)C(=O)Nc2ccc(CC)cc2)ccc1OCc1ccc(I)cc1. The maximum Gasteiger partial charge on any atom is 0.266 e. The van der Waals surface area contributed by atoms with Crippen LogP contribution in [0, 0.1) is 14.9 Å². The Morgan fingerprint density at radius 2 is 1.67 bits per heavy atom. The highest BCUT2D eigenvalue weighted by molar-refractivity contribution is 14.1. The zero-order valence-corrected chi connectivity index (χ0v) is 20.8. The number of amides is 1. The van der Waals surface area contributed by atoms with Gasteiger partial charge in [0.15, 0.2) is 11.5 Å². The van der Waals surface area contributed by atoms with Gasteiger partial charge in [-0.1, -0.05) is 37.3 Å². The third-order valence-corrected chi connectivity index (χ3v) is 5.59. The minimum absolute atomic E-state index is 0.00423. The minimum atomic E-state index is -0.459. The van der Waals surface area contributed by atoms with Gasteiger partial charge in [0.25, 0.3) is 5.91 Å². The van der Waals surface area contributed by atoms with Crippen molar-refractivity contribution in [2.45, 2.75) is 26.9 Å². The second-order valence-corrected chi connectivity index (χ2v) is 8.47. The summed E-state index contributed by atoms with van der Waals surface area (Å²) in [7, 11) is 0. The van der Waals surface area contributed by atoms with Gasteiger partial charge in [0, 0.05) is 9.26 Å². The van der Waals surface area contributed by atoms with Crippen LogP contribution in [0.4, 0.5) is 5.69 Å². The molecule has 3 aromatic rings. The van der Waals surface area contributed by atoms with Gasteiger partial charge in [-0.15, -0.1) is 0 Å². The van der Waals surface area contributed by atoms with Gasteiger partial charge in [-0.25, -0.2) is 0 Å². The monoisotopic (exact) mass is 552 g/mol. The minimum Gasteiger partial charge on any atom is -0.490 e. The fraction of sp³-hybridized carbons (Fsp3) is 0.185. The van der Waals surface area contributed by atoms with Crippen LogP contribution < -0.4 is 14.8 Å². The molecule has 0 unspecified atom stereocenters. The van der Waals surface area contributed by atoms with Gasteiger partial charge in [0.1, 0.15) is 18.2 Å². The number of carbonyl (C=O) groups is 1.